The van der Waals surface area contributed by atoms with Crippen LogP contribution in [0.5, 0.6) is 10.8 Å². The summed E-state index contributed by atoms with van der Waals surface area (Å²) in [5, 5.41) is 13.8. The van der Waals surface area contributed by atoms with Crippen molar-refractivity contribution in [1.29, 1.82) is 0 Å². The topological polar surface area (TPSA) is 59.4 Å². The number of allylic oxidation sites excluding steroid dienone is 2. The summed E-state index contributed by atoms with van der Waals surface area (Å²) in [6.45, 7) is 16.9. The van der Waals surface area contributed by atoms with Crippen LogP contribution in [-0.4, -0.2) is 22.1 Å². The van der Waals surface area contributed by atoms with Crippen LogP contribution in [0.15, 0.2) is 78.7 Å². The predicted molar refractivity (Wildman–Crippen MR) is 214 cm³/mol. The maximum absolute atomic E-state index is 13.3. The van der Waals surface area contributed by atoms with Gasteiger partial charge in [-0.05, 0) is 74.1 Å². The first kappa shape index (κ1) is 44.9. The number of ketones is 1. The molecule has 0 atom stereocenters. The average Bonchev–Trinajstić information content (AvgIpc) is 3.43. The Labute approximate surface area is 336 Å². The minimum atomic E-state index is -4.26. The second kappa shape index (κ2) is 19.4. The van der Waals surface area contributed by atoms with Crippen LogP contribution in [0, 0.1) is 30.2 Å². The Balaban J connectivity index is 0.000000418. The van der Waals surface area contributed by atoms with E-state index in [0.29, 0.717) is 17.2 Å². The molecule has 9 heteroatoms. The number of carbonyl (C=O) groups excluding carboxylic acids is 1. The largest absolute Gasteiger partial charge is 0.512 e. The molecule has 54 heavy (non-hydrogen) atoms. The van der Waals surface area contributed by atoms with Gasteiger partial charge in [-0.2, -0.15) is 13.2 Å². The third kappa shape index (κ3) is 10.6. The molecule has 0 saturated heterocycles. The van der Waals surface area contributed by atoms with Gasteiger partial charge in [0.15, 0.2) is 10.8 Å². The summed E-state index contributed by atoms with van der Waals surface area (Å²) in [6.07, 6.45) is 2.37. The number of pyridine rings is 1. The fraction of sp³-hybridized carbons (Fsp3) is 0.422. The third-order valence-electron chi connectivity index (χ3n) is 10.1. The zero-order valence-corrected chi connectivity index (χ0v) is 36.0. The van der Waals surface area contributed by atoms with E-state index < -0.39 is 11.6 Å². The van der Waals surface area contributed by atoms with E-state index in [1.54, 1.807) is 24.3 Å². The molecule has 0 amide bonds. The van der Waals surface area contributed by atoms with Gasteiger partial charge in [0.25, 0.3) is 0 Å². The molecule has 0 fully saturated rings. The number of thiophene rings is 1. The molecule has 5 rings (SSSR count). The number of hydrogen-bond donors (Lipinski definition) is 1. The molecule has 3 aromatic carbocycles. The molecule has 0 aliphatic carbocycles. The quantitative estimate of drug-likeness (QED) is 0.0726. The van der Waals surface area contributed by atoms with Gasteiger partial charge < -0.3 is 9.84 Å². The fourth-order valence-corrected chi connectivity index (χ4v) is 7.63. The van der Waals surface area contributed by atoms with Gasteiger partial charge in [-0.15, -0.1) is 40.5 Å². The van der Waals surface area contributed by atoms with Crippen molar-refractivity contribution >= 4 is 38.0 Å². The number of rotatable bonds is 13. The van der Waals surface area contributed by atoms with E-state index in [0.717, 1.165) is 63.0 Å². The number of fused-ring (bicyclic) bond motifs is 2. The molecule has 0 unspecified atom stereocenters. The first-order chi connectivity index (χ1) is 25.0. The van der Waals surface area contributed by atoms with Gasteiger partial charge >= 0.3 is 6.18 Å². The summed E-state index contributed by atoms with van der Waals surface area (Å²) in [6, 6.07) is 22.9. The van der Waals surface area contributed by atoms with E-state index in [9.17, 15) is 23.1 Å². The second-order valence-corrected chi connectivity index (χ2v) is 15.7. The van der Waals surface area contributed by atoms with E-state index in [2.05, 4.69) is 44.2 Å². The molecule has 4 nitrogen and oxygen atoms in total. The number of benzene rings is 3. The molecule has 2 heterocycles. The Hall–Kier alpha value is -3.52. The number of ether oxygens (including phenoxy) is 1. The van der Waals surface area contributed by atoms with Crippen LogP contribution in [0.2, 0.25) is 0 Å². The van der Waals surface area contributed by atoms with E-state index in [4.69, 9.17) is 9.72 Å². The van der Waals surface area contributed by atoms with Crippen LogP contribution in [0.3, 0.4) is 0 Å². The number of alkyl halides is 3. The number of aliphatic hydroxyl groups is 1. The molecule has 0 saturated carbocycles. The Bertz CT molecular complexity index is 2020. The van der Waals surface area contributed by atoms with Gasteiger partial charge in [0.2, 0.25) is 0 Å². The second-order valence-electron chi connectivity index (χ2n) is 14.7. The van der Waals surface area contributed by atoms with Crippen LogP contribution < -0.4 is 4.74 Å². The molecule has 2 aromatic heterocycles. The summed E-state index contributed by atoms with van der Waals surface area (Å²) >= 11 is 1.52. The molecule has 0 bridgehead atoms. The van der Waals surface area contributed by atoms with Crippen molar-refractivity contribution in [2.75, 3.05) is 0 Å². The molecule has 0 aliphatic heterocycles. The van der Waals surface area contributed by atoms with Crippen LogP contribution in [0.4, 0.5) is 13.2 Å². The molecular weight excluding hydrogens is 884 g/mol. The maximum atomic E-state index is 13.3. The van der Waals surface area contributed by atoms with Gasteiger partial charge in [0.1, 0.15) is 5.75 Å². The third-order valence-corrected chi connectivity index (χ3v) is 11.3. The van der Waals surface area contributed by atoms with Crippen LogP contribution in [-0.2, 0) is 31.3 Å². The average molecular weight is 937 g/mol. The zero-order chi connectivity index (χ0) is 39.1. The van der Waals surface area contributed by atoms with Crippen molar-refractivity contribution in [2.45, 2.75) is 107 Å². The van der Waals surface area contributed by atoms with Gasteiger partial charge in [-0.1, -0.05) is 96.7 Å². The number of carbonyl (C=O) groups is 1. The zero-order valence-electron chi connectivity index (χ0n) is 32.8. The minimum absolute atomic E-state index is 0. The van der Waals surface area contributed by atoms with Crippen molar-refractivity contribution in [3.63, 3.8) is 0 Å². The summed E-state index contributed by atoms with van der Waals surface area (Å²) < 4.78 is 47.1. The standard InChI is InChI=1S/C32H29F3NOS.C13H24O2.Ir/c1-19(2)27-17-23(16-22-8-6-7-9-26(22)27)28-29-25(14-15-36-28)20(3)30(38-29)37-24-12-10-21(11-13-24)18-31(4,5)32(33,34)35;1-5-10(6-2)12(14)9-13(15)11(7-3)8-4;/h6-15,17,19H,18H2,1-5H3;9-11,14H,5-8H2,1-4H3;/q-1;;/b;12-9-;. The smallest absolute Gasteiger partial charge is 0.394 e. The van der Waals surface area contributed by atoms with Gasteiger partial charge in [-0.25, -0.2) is 0 Å². The van der Waals surface area contributed by atoms with E-state index in [-0.39, 0.29) is 49.9 Å². The molecular formula is C45H53F3IrNO3S-. The number of aromatic nitrogens is 1. The molecule has 5 aromatic rings. The Morgan fingerprint density at radius 1 is 0.926 bits per heavy atom. The van der Waals surface area contributed by atoms with E-state index in [1.807, 2.05) is 52.9 Å². The summed E-state index contributed by atoms with van der Waals surface area (Å²) in [5.41, 5.74) is 2.89. The Kier molecular flexibility index (Phi) is 16.1. The van der Waals surface area contributed by atoms with E-state index >= 15 is 0 Å². The molecule has 1 N–H and O–H groups in total. The van der Waals surface area contributed by atoms with Crippen molar-refractivity contribution in [1.82, 2.24) is 4.98 Å². The Morgan fingerprint density at radius 2 is 1.54 bits per heavy atom. The number of nitrogens with zero attached hydrogens (tertiary/aromatic N) is 1. The Morgan fingerprint density at radius 3 is 2.11 bits per heavy atom. The van der Waals surface area contributed by atoms with Crippen molar-refractivity contribution in [3.05, 3.63) is 101 Å². The predicted octanol–water partition coefficient (Wildman–Crippen LogP) is 14.1. The van der Waals surface area contributed by atoms with Crippen molar-refractivity contribution in [2.24, 2.45) is 17.3 Å². The SMILES string of the molecule is CCC(CC)C(=O)/C=C(\O)C(CC)CC.Cc1c(Oc2ccc(CC(C)(C)C(F)(F)F)cc2)sc2c(-c3[c-]c4ccccc4c(C(C)C)c3)nccc12.[Ir]. The molecule has 0 spiro atoms. The summed E-state index contributed by atoms with van der Waals surface area (Å²) in [4.78, 5) is 16.5. The van der Waals surface area contributed by atoms with Gasteiger partial charge in [-0.3, -0.25) is 9.78 Å². The van der Waals surface area contributed by atoms with Gasteiger partial charge in [0, 0.05) is 60.2 Å². The number of aliphatic hydroxyl groups excluding tert-OH is 1. The van der Waals surface area contributed by atoms with Crippen molar-refractivity contribution in [3.8, 4) is 22.1 Å². The van der Waals surface area contributed by atoms with Crippen molar-refractivity contribution < 1.29 is 47.9 Å². The number of hydrogen-bond acceptors (Lipinski definition) is 5. The number of halogens is 3. The fourth-order valence-electron chi connectivity index (χ4n) is 6.45. The van der Waals surface area contributed by atoms with Crippen LogP contribution >= 0.6 is 11.3 Å². The molecule has 1 radical (unpaired) electrons. The minimum Gasteiger partial charge on any atom is -0.512 e. The number of aryl methyl sites for hydroxylation is 1. The van der Waals surface area contributed by atoms with Crippen LogP contribution in [0.25, 0.3) is 32.1 Å². The van der Waals surface area contributed by atoms with Crippen LogP contribution in [0.1, 0.15) is 104 Å². The first-order valence-electron chi connectivity index (χ1n) is 18.7. The normalized spacial score (nSPS) is 12.3. The first-order valence-corrected chi connectivity index (χ1v) is 19.5. The van der Waals surface area contributed by atoms with Gasteiger partial charge in [0.05, 0.1) is 11.2 Å². The summed E-state index contributed by atoms with van der Waals surface area (Å²) in [7, 11) is 0. The molecule has 0 aliphatic rings. The monoisotopic (exact) mass is 937 g/mol. The molecule has 293 valence electrons. The summed E-state index contributed by atoms with van der Waals surface area (Å²) in [5.74, 6) is 1.48. The maximum Gasteiger partial charge on any atom is 0.394 e. The van der Waals surface area contributed by atoms with E-state index in [1.165, 1.54) is 42.2 Å².